The summed E-state index contributed by atoms with van der Waals surface area (Å²) in [7, 11) is 0. The van der Waals surface area contributed by atoms with Gasteiger partial charge in [-0.2, -0.15) is 0 Å². The van der Waals surface area contributed by atoms with Crippen LogP contribution in [0.4, 0.5) is 5.82 Å². The van der Waals surface area contributed by atoms with Gasteiger partial charge in [-0.05, 0) is 43.3 Å². The first-order chi connectivity index (χ1) is 10.2. The standard InChI is InChI=1S/C14H14ClN3O3/c1-2-20-10-3-5-11(6-4-10)21-9-14(19)16-13-8-7-12(15)17-18-13/h3-8H,2,9H2,1H3,(H,16,18,19). The Morgan fingerprint density at radius 2 is 1.76 bits per heavy atom. The van der Waals surface area contributed by atoms with Gasteiger partial charge in [-0.25, -0.2) is 0 Å². The fourth-order valence-electron chi connectivity index (χ4n) is 1.51. The number of benzene rings is 1. The molecule has 1 heterocycles. The highest BCUT2D eigenvalue weighted by molar-refractivity contribution is 6.29. The lowest BCUT2D eigenvalue weighted by Crippen LogP contribution is -2.20. The number of hydrogen-bond acceptors (Lipinski definition) is 5. The first kappa shape index (κ1) is 15.1. The Balaban J connectivity index is 1.81. The number of amides is 1. The third-order valence-electron chi connectivity index (χ3n) is 2.40. The van der Waals surface area contributed by atoms with Crippen molar-refractivity contribution in [3.05, 3.63) is 41.6 Å². The molecule has 2 rings (SSSR count). The third-order valence-corrected chi connectivity index (χ3v) is 2.61. The number of aromatic nitrogens is 2. The van der Waals surface area contributed by atoms with Crippen LogP contribution in [0.15, 0.2) is 36.4 Å². The van der Waals surface area contributed by atoms with Gasteiger partial charge in [-0.15, -0.1) is 10.2 Å². The Kier molecular flexibility index (Phi) is 5.34. The van der Waals surface area contributed by atoms with Crippen LogP contribution in [0.1, 0.15) is 6.92 Å². The Hall–Kier alpha value is -2.34. The Morgan fingerprint density at radius 3 is 2.33 bits per heavy atom. The Bertz CT molecular complexity index is 587. The minimum Gasteiger partial charge on any atom is -0.494 e. The van der Waals surface area contributed by atoms with Crippen molar-refractivity contribution in [1.29, 1.82) is 0 Å². The van der Waals surface area contributed by atoms with Gasteiger partial charge >= 0.3 is 0 Å². The molecule has 0 unspecified atom stereocenters. The summed E-state index contributed by atoms with van der Waals surface area (Å²) in [6, 6.07) is 10.1. The molecular formula is C14H14ClN3O3. The Morgan fingerprint density at radius 1 is 1.10 bits per heavy atom. The third kappa shape index (κ3) is 4.92. The molecule has 0 radical (unpaired) electrons. The van der Waals surface area contributed by atoms with Gasteiger partial charge in [0.1, 0.15) is 11.5 Å². The quantitative estimate of drug-likeness (QED) is 0.888. The number of carbonyl (C=O) groups is 1. The average Bonchev–Trinajstić information content (AvgIpc) is 2.49. The van der Waals surface area contributed by atoms with Crippen LogP contribution in [0, 0.1) is 0 Å². The van der Waals surface area contributed by atoms with Crippen molar-refractivity contribution in [3.63, 3.8) is 0 Å². The summed E-state index contributed by atoms with van der Waals surface area (Å²) in [5, 5.41) is 10.2. The number of rotatable bonds is 6. The summed E-state index contributed by atoms with van der Waals surface area (Å²) < 4.78 is 10.7. The summed E-state index contributed by atoms with van der Waals surface area (Å²) in [6.07, 6.45) is 0. The maximum atomic E-state index is 11.7. The summed E-state index contributed by atoms with van der Waals surface area (Å²) in [5.74, 6) is 1.32. The second kappa shape index (κ2) is 7.44. The number of nitrogens with zero attached hydrogens (tertiary/aromatic N) is 2. The lowest BCUT2D eigenvalue weighted by Gasteiger charge is -2.08. The molecule has 110 valence electrons. The molecule has 0 atom stereocenters. The predicted octanol–water partition coefficient (Wildman–Crippen LogP) is 2.55. The van der Waals surface area contributed by atoms with Crippen LogP contribution < -0.4 is 14.8 Å². The van der Waals surface area contributed by atoms with E-state index in [1.54, 1.807) is 30.3 Å². The van der Waals surface area contributed by atoms with Gasteiger partial charge in [0, 0.05) is 0 Å². The van der Waals surface area contributed by atoms with Crippen molar-refractivity contribution in [2.45, 2.75) is 6.92 Å². The molecule has 1 amide bonds. The molecule has 0 bridgehead atoms. The smallest absolute Gasteiger partial charge is 0.263 e. The number of nitrogens with one attached hydrogen (secondary N) is 1. The maximum absolute atomic E-state index is 11.7. The summed E-state index contributed by atoms with van der Waals surface area (Å²) in [4.78, 5) is 11.7. The molecule has 0 aliphatic carbocycles. The molecule has 0 aliphatic heterocycles. The molecule has 2 aromatic rings. The Labute approximate surface area is 127 Å². The molecule has 21 heavy (non-hydrogen) atoms. The van der Waals surface area contributed by atoms with E-state index in [2.05, 4.69) is 15.5 Å². The minimum atomic E-state index is -0.333. The number of halogens is 1. The molecule has 1 aromatic heterocycles. The highest BCUT2D eigenvalue weighted by Crippen LogP contribution is 2.17. The molecule has 0 saturated carbocycles. The van der Waals surface area contributed by atoms with Gasteiger partial charge in [0.05, 0.1) is 6.61 Å². The predicted molar refractivity (Wildman–Crippen MR) is 78.8 cm³/mol. The first-order valence-corrected chi connectivity index (χ1v) is 6.70. The normalized spacial score (nSPS) is 10.0. The van der Waals surface area contributed by atoms with Gasteiger partial charge in [0.15, 0.2) is 17.6 Å². The van der Waals surface area contributed by atoms with Gasteiger partial charge in [-0.3, -0.25) is 4.79 Å². The lowest BCUT2D eigenvalue weighted by molar-refractivity contribution is -0.118. The molecule has 0 aliphatic rings. The van der Waals surface area contributed by atoms with Gasteiger partial charge in [0.25, 0.3) is 5.91 Å². The monoisotopic (exact) mass is 307 g/mol. The average molecular weight is 308 g/mol. The molecule has 1 aromatic carbocycles. The van der Waals surface area contributed by atoms with Gasteiger partial charge in [-0.1, -0.05) is 11.6 Å². The van der Waals surface area contributed by atoms with Crippen LogP contribution in [0.25, 0.3) is 0 Å². The van der Waals surface area contributed by atoms with E-state index < -0.39 is 0 Å². The highest BCUT2D eigenvalue weighted by Gasteiger charge is 2.05. The van der Waals surface area contributed by atoms with Crippen molar-refractivity contribution in [1.82, 2.24) is 10.2 Å². The van der Waals surface area contributed by atoms with Crippen LogP contribution in [0.5, 0.6) is 11.5 Å². The van der Waals surface area contributed by atoms with E-state index in [4.69, 9.17) is 21.1 Å². The summed E-state index contributed by atoms with van der Waals surface area (Å²) in [6.45, 7) is 2.39. The number of carbonyl (C=O) groups excluding carboxylic acids is 1. The summed E-state index contributed by atoms with van der Waals surface area (Å²) in [5.41, 5.74) is 0. The van der Waals surface area contributed by atoms with Crippen LogP contribution in [0.3, 0.4) is 0 Å². The molecule has 6 nitrogen and oxygen atoms in total. The molecule has 0 fully saturated rings. The molecule has 7 heteroatoms. The highest BCUT2D eigenvalue weighted by atomic mass is 35.5. The molecule has 1 N–H and O–H groups in total. The second-order valence-electron chi connectivity index (χ2n) is 3.98. The van der Waals surface area contributed by atoms with E-state index in [1.165, 1.54) is 6.07 Å². The fourth-order valence-corrected chi connectivity index (χ4v) is 1.61. The second-order valence-corrected chi connectivity index (χ2v) is 4.37. The molecular weight excluding hydrogens is 294 g/mol. The van der Waals surface area contributed by atoms with Crippen molar-refractivity contribution >= 4 is 23.3 Å². The van der Waals surface area contributed by atoms with E-state index in [0.29, 0.717) is 18.2 Å². The van der Waals surface area contributed by atoms with Gasteiger partial charge in [0.2, 0.25) is 0 Å². The summed E-state index contributed by atoms with van der Waals surface area (Å²) >= 11 is 5.60. The van der Waals surface area contributed by atoms with E-state index in [1.807, 2.05) is 6.92 Å². The first-order valence-electron chi connectivity index (χ1n) is 6.32. The lowest BCUT2D eigenvalue weighted by atomic mass is 10.3. The van der Waals surface area contributed by atoms with E-state index in [-0.39, 0.29) is 17.7 Å². The van der Waals surface area contributed by atoms with Crippen LogP contribution in [-0.4, -0.2) is 29.3 Å². The zero-order chi connectivity index (χ0) is 15.1. The number of anilines is 1. The van der Waals surface area contributed by atoms with Crippen molar-refractivity contribution in [2.24, 2.45) is 0 Å². The maximum Gasteiger partial charge on any atom is 0.263 e. The molecule has 0 saturated heterocycles. The van der Waals surface area contributed by atoms with Crippen molar-refractivity contribution < 1.29 is 14.3 Å². The van der Waals surface area contributed by atoms with Crippen LogP contribution in [0.2, 0.25) is 5.15 Å². The number of ether oxygens (including phenoxy) is 2. The van der Waals surface area contributed by atoms with Crippen molar-refractivity contribution in [2.75, 3.05) is 18.5 Å². The zero-order valence-electron chi connectivity index (χ0n) is 11.4. The number of hydrogen-bond donors (Lipinski definition) is 1. The topological polar surface area (TPSA) is 73.3 Å². The van der Waals surface area contributed by atoms with Gasteiger partial charge < -0.3 is 14.8 Å². The fraction of sp³-hybridized carbons (Fsp3) is 0.214. The largest absolute Gasteiger partial charge is 0.494 e. The van der Waals surface area contributed by atoms with E-state index in [0.717, 1.165) is 5.75 Å². The minimum absolute atomic E-state index is 0.127. The van der Waals surface area contributed by atoms with Crippen LogP contribution >= 0.6 is 11.6 Å². The van der Waals surface area contributed by atoms with E-state index >= 15 is 0 Å². The van der Waals surface area contributed by atoms with Crippen molar-refractivity contribution in [3.8, 4) is 11.5 Å². The SMILES string of the molecule is CCOc1ccc(OCC(=O)Nc2ccc(Cl)nn2)cc1. The molecule has 0 spiro atoms. The van der Waals surface area contributed by atoms with Crippen LogP contribution in [-0.2, 0) is 4.79 Å². The van der Waals surface area contributed by atoms with E-state index in [9.17, 15) is 4.79 Å². The zero-order valence-corrected chi connectivity index (χ0v) is 12.1.